The Morgan fingerprint density at radius 3 is 2.38 bits per heavy atom. The average molecular weight is 367 g/mol. The first-order chi connectivity index (χ1) is 11.5. The minimum Gasteiger partial charge on any atom is -0.335 e. The first kappa shape index (κ1) is 17.3. The molecule has 0 bridgehead atoms. The van der Waals surface area contributed by atoms with Crippen LogP contribution in [-0.4, -0.2) is 58.2 Å². The maximum absolute atomic E-state index is 12.5. The van der Waals surface area contributed by atoms with E-state index in [1.165, 1.54) is 5.56 Å². The van der Waals surface area contributed by atoms with E-state index in [0.29, 0.717) is 23.8 Å². The maximum atomic E-state index is 12.5. The molecule has 0 aliphatic carbocycles. The van der Waals surface area contributed by atoms with Crippen molar-refractivity contribution < 1.29 is 4.79 Å². The van der Waals surface area contributed by atoms with Crippen molar-refractivity contribution >= 4 is 29.1 Å². The predicted octanol–water partition coefficient (Wildman–Crippen LogP) is 2.73. The molecular weight excluding hydrogens is 347 g/mol. The van der Waals surface area contributed by atoms with Crippen molar-refractivity contribution in [3.05, 3.63) is 51.8 Å². The standard InChI is InChI=1S/C17H20Cl2N4O/c1-21-12-15(19)16(20-21)17(24)23-10-8-22(9-11-23)7-6-13-2-4-14(18)5-3-13/h2-5,12H,6-11H2,1H3. The zero-order chi connectivity index (χ0) is 17.1. The first-order valence-corrected chi connectivity index (χ1v) is 8.74. The van der Waals surface area contributed by atoms with E-state index in [1.54, 1.807) is 17.9 Å². The number of piperazine rings is 1. The molecule has 0 unspecified atom stereocenters. The number of rotatable bonds is 4. The lowest BCUT2D eigenvalue weighted by Crippen LogP contribution is -2.49. The van der Waals surface area contributed by atoms with Gasteiger partial charge in [-0.05, 0) is 24.1 Å². The van der Waals surface area contributed by atoms with Crippen LogP contribution >= 0.6 is 23.2 Å². The number of halogens is 2. The van der Waals surface area contributed by atoms with E-state index in [0.717, 1.165) is 31.1 Å². The fraction of sp³-hybridized carbons (Fsp3) is 0.412. The highest BCUT2D eigenvalue weighted by atomic mass is 35.5. The molecule has 7 heteroatoms. The smallest absolute Gasteiger partial charge is 0.276 e. The van der Waals surface area contributed by atoms with Crippen molar-refractivity contribution in [3.63, 3.8) is 0 Å². The number of aromatic nitrogens is 2. The fourth-order valence-electron chi connectivity index (χ4n) is 2.87. The molecule has 0 N–H and O–H groups in total. The van der Waals surface area contributed by atoms with Crippen LogP contribution < -0.4 is 0 Å². The van der Waals surface area contributed by atoms with Gasteiger partial charge in [-0.25, -0.2) is 0 Å². The van der Waals surface area contributed by atoms with Crippen LogP contribution in [0.3, 0.4) is 0 Å². The summed E-state index contributed by atoms with van der Waals surface area (Å²) < 4.78 is 1.57. The van der Waals surface area contributed by atoms with Crippen molar-refractivity contribution in [2.75, 3.05) is 32.7 Å². The molecule has 1 aliphatic rings. The molecule has 24 heavy (non-hydrogen) atoms. The molecule has 1 amide bonds. The lowest BCUT2D eigenvalue weighted by molar-refractivity contribution is 0.0632. The Kier molecular flexibility index (Phi) is 5.43. The minimum absolute atomic E-state index is 0.0852. The Balaban J connectivity index is 1.49. The number of aryl methyl sites for hydroxylation is 1. The molecule has 0 radical (unpaired) electrons. The molecule has 2 aromatic rings. The zero-order valence-electron chi connectivity index (χ0n) is 13.6. The van der Waals surface area contributed by atoms with E-state index < -0.39 is 0 Å². The van der Waals surface area contributed by atoms with Crippen LogP contribution in [0.1, 0.15) is 16.1 Å². The Labute approximate surface area is 151 Å². The molecule has 3 rings (SSSR count). The van der Waals surface area contributed by atoms with E-state index >= 15 is 0 Å². The predicted molar refractivity (Wildman–Crippen MR) is 95.7 cm³/mol. The van der Waals surface area contributed by atoms with Crippen LogP contribution in [0.4, 0.5) is 0 Å². The van der Waals surface area contributed by atoms with Gasteiger partial charge in [0.25, 0.3) is 5.91 Å². The van der Waals surface area contributed by atoms with E-state index in [1.807, 2.05) is 17.0 Å². The van der Waals surface area contributed by atoms with Crippen LogP contribution in [0.2, 0.25) is 10.0 Å². The highest BCUT2D eigenvalue weighted by molar-refractivity contribution is 6.33. The average Bonchev–Trinajstić information content (AvgIpc) is 2.92. The normalized spacial score (nSPS) is 15.7. The highest BCUT2D eigenvalue weighted by Crippen LogP contribution is 2.17. The summed E-state index contributed by atoms with van der Waals surface area (Å²) >= 11 is 12.0. The van der Waals surface area contributed by atoms with Gasteiger partial charge in [-0.1, -0.05) is 35.3 Å². The molecule has 1 aromatic carbocycles. The summed E-state index contributed by atoms with van der Waals surface area (Å²) in [6.45, 7) is 4.11. The summed E-state index contributed by atoms with van der Waals surface area (Å²) in [5, 5.41) is 5.33. The van der Waals surface area contributed by atoms with Gasteiger partial charge in [-0.3, -0.25) is 14.4 Å². The number of hydrogen-bond acceptors (Lipinski definition) is 3. The molecule has 1 aromatic heterocycles. The van der Waals surface area contributed by atoms with Gasteiger partial charge in [0.05, 0.1) is 5.02 Å². The largest absolute Gasteiger partial charge is 0.335 e. The zero-order valence-corrected chi connectivity index (χ0v) is 15.1. The maximum Gasteiger partial charge on any atom is 0.276 e. The number of benzene rings is 1. The van der Waals surface area contributed by atoms with Crippen molar-refractivity contribution in [2.45, 2.75) is 6.42 Å². The van der Waals surface area contributed by atoms with Crippen LogP contribution in [0.25, 0.3) is 0 Å². The third-order valence-corrected chi connectivity index (χ3v) is 4.80. The van der Waals surface area contributed by atoms with Gasteiger partial charge in [-0.2, -0.15) is 5.10 Å². The quantitative estimate of drug-likeness (QED) is 0.835. The monoisotopic (exact) mass is 366 g/mol. The summed E-state index contributed by atoms with van der Waals surface area (Å²) in [6.07, 6.45) is 2.63. The van der Waals surface area contributed by atoms with Crippen molar-refractivity contribution in [1.82, 2.24) is 19.6 Å². The summed E-state index contributed by atoms with van der Waals surface area (Å²) in [4.78, 5) is 16.7. The Morgan fingerprint density at radius 1 is 1.12 bits per heavy atom. The first-order valence-electron chi connectivity index (χ1n) is 7.98. The number of carbonyl (C=O) groups excluding carboxylic acids is 1. The van der Waals surface area contributed by atoms with Gasteiger partial charge in [-0.15, -0.1) is 0 Å². The van der Waals surface area contributed by atoms with Gasteiger partial charge in [0, 0.05) is 51.0 Å². The molecular formula is C17H20Cl2N4O. The van der Waals surface area contributed by atoms with Crippen molar-refractivity contribution in [1.29, 1.82) is 0 Å². The van der Waals surface area contributed by atoms with Gasteiger partial charge in [0.2, 0.25) is 0 Å². The van der Waals surface area contributed by atoms with Gasteiger partial charge >= 0.3 is 0 Å². The lowest BCUT2D eigenvalue weighted by Gasteiger charge is -2.34. The summed E-state index contributed by atoms with van der Waals surface area (Å²) in [5.74, 6) is -0.0852. The highest BCUT2D eigenvalue weighted by Gasteiger charge is 2.25. The molecule has 1 fully saturated rings. The summed E-state index contributed by atoms with van der Waals surface area (Å²) in [5.41, 5.74) is 1.62. The fourth-order valence-corrected chi connectivity index (χ4v) is 3.25. The lowest BCUT2D eigenvalue weighted by atomic mass is 10.1. The van der Waals surface area contributed by atoms with E-state index in [-0.39, 0.29) is 5.91 Å². The van der Waals surface area contributed by atoms with E-state index in [9.17, 15) is 4.79 Å². The third kappa shape index (κ3) is 4.09. The SMILES string of the molecule is Cn1cc(Cl)c(C(=O)N2CCN(CCc3ccc(Cl)cc3)CC2)n1. The second-order valence-electron chi connectivity index (χ2n) is 6.01. The number of amides is 1. The molecule has 0 spiro atoms. The molecule has 0 atom stereocenters. The molecule has 1 saturated heterocycles. The van der Waals surface area contributed by atoms with E-state index in [2.05, 4.69) is 22.1 Å². The summed E-state index contributed by atoms with van der Waals surface area (Å²) in [6, 6.07) is 7.96. The molecule has 128 valence electrons. The van der Waals surface area contributed by atoms with Crippen molar-refractivity contribution in [3.8, 4) is 0 Å². The van der Waals surface area contributed by atoms with Gasteiger partial charge < -0.3 is 4.90 Å². The summed E-state index contributed by atoms with van der Waals surface area (Å²) in [7, 11) is 1.76. The second kappa shape index (κ2) is 7.55. The topological polar surface area (TPSA) is 41.4 Å². The van der Waals surface area contributed by atoms with E-state index in [4.69, 9.17) is 23.2 Å². The number of carbonyl (C=O) groups is 1. The van der Waals surface area contributed by atoms with Crippen LogP contribution in [0, 0.1) is 0 Å². The van der Waals surface area contributed by atoms with Crippen LogP contribution in [0.15, 0.2) is 30.5 Å². The minimum atomic E-state index is -0.0852. The van der Waals surface area contributed by atoms with Crippen LogP contribution in [0.5, 0.6) is 0 Å². The molecule has 0 saturated carbocycles. The van der Waals surface area contributed by atoms with Gasteiger partial charge in [0.15, 0.2) is 5.69 Å². The number of nitrogens with zero attached hydrogens (tertiary/aromatic N) is 4. The Morgan fingerprint density at radius 2 is 1.79 bits per heavy atom. The molecule has 2 heterocycles. The molecule has 5 nitrogen and oxygen atoms in total. The van der Waals surface area contributed by atoms with Gasteiger partial charge in [0.1, 0.15) is 0 Å². The molecule has 1 aliphatic heterocycles. The van der Waals surface area contributed by atoms with Crippen LogP contribution in [-0.2, 0) is 13.5 Å². The second-order valence-corrected chi connectivity index (χ2v) is 6.85. The number of hydrogen-bond donors (Lipinski definition) is 0. The third-order valence-electron chi connectivity index (χ3n) is 4.28. The van der Waals surface area contributed by atoms with Crippen molar-refractivity contribution in [2.24, 2.45) is 7.05 Å². The Hall–Kier alpha value is -1.56. The Bertz CT molecular complexity index is 706.